The molecule has 0 unspecified atom stereocenters. The summed E-state index contributed by atoms with van der Waals surface area (Å²) in [6.07, 6.45) is 3.88. The fourth-order valence-electron chi connectivity index (χ4n) is 6.31. The van der Waals surface area contributed by atoms with Crippen LogP contribution in [0.4, 0.5) is 0 Å². The summed E-state index contributed by atoms with van der Waals surface area (Å²) >= 11 is 1.46. The molecule has 7 N–H and O–H groups in total. The Hall–Kier alpha value is -2.88. The van der Waals surface area contributed by atoms with Crippen LogP contribution >= 0.6 is 11.8 Å². The van der Waals surface area contributed by atoms with Gasteiger partial charge < -0.3 is 31.3 Å². The second-order valence-electron chi connectivity index (χ2n) is 10.9. The number of likely N-dealkylation sites (tertiary alicyclic amines) is 1. The van der Waals surface area contributed by atoms with E-state index >= 15 is 0 Å². The van der Waals surface area contributed by atoms with Crippen molar-refractivity contribution in [1.29, 1.82) is 0 Å². The number of hydrogen-bond donors (Lipinski definition) is 6. The lowest BCUT2D eigenvalue weighted by Gasteiger charge is -2.47. The van der Waals surface area contributed by atoms with Gasteiger partial charge in [-0.05, 0) is 38.6 Å². The van der Waals surface area contributed by atoms with Gasteiger partial charge in [-0.3, -0.25) is 19.4 Å². The minimum Gasteiger partial charge on any atom is -0.477 e. The van der Waals surface area contributed by atoms with E-state index in [1.807, 2.05) is 11.8 Å². The lowest BCUT2D eigenvalue weighted by atomic mass is 9.78. The van der Waals surface area contributed by atoms with Crippen LogP contribution in [-0.2, 0) is 19.2 Å². The predicted molar refractivity (Wildman–Crippen MR) is 143 cm³/mol. The molecule has 5 heterocycles. The lowest BCUT2D eigenvalue weighted by Crippen LogP contribution is -2.66. The lowest BCUT2D eigenvalue weighted by molar-refractivity contribution is -0.158. The van der Waals surface area contributed by atoms with Gasteiger partial charge in [0.05, 0.1) is 18.0 Å². The maximum absolute atomic E-state index is 13.2. The van der Waals surface area contributed by atoms with Crippen LogP contribution in [0, 0.1) is 17.8 Å². The van der Waals surface area contributed by atoms with Crippen molar-refractivity contribution in [2.75, 3.05) is 32.7 Å². The van der Waals surface area contributed by atoms with Crippen molar-refractivity contribution < 1.29 is 24.3 Å². The molecule has 0 radical (unpaired) electrons. The first-order valence-corrected chi connectivity index (χ1v) is 14.4. The Morgan fingerprint density at radius 2 is 2.05 bits per heavy atom. The summed E-state index contributed by atoms with van der Waals surface area (Å²) in [6, 6.07) is -1.11. The summed E-state index contributed by atoms with van der Waals surface area (Å²) in [7, 11) is 0. The standard InChI is InChI=1S/C24H37N9O5S/c1-12-19-18(13(2)28-17(34)10-32-11-27-29-30-32)23(36)33(19)20(24(37)38)21(12)39-15-7-16(26-9-15)22(35)31-5-3-14(8-25)4-6-31/h11-16,18-19,26,29-30H,3-10,25H2,1-2H3,(H,28,34)(H,37,38)/t12-,13-,15+,16+,18-,19-/m1/s1. The number of β-lactam (4-membered cyclic amide) rings is 1. The van der Waals surface area contributed by atoms with E-state index in [9.17, 15) is 24.3 Å². The number of rotatable bonds is 9. The van der Waals surface area contributed by atoms with Gasteiger partial charge in [0.25, 0.3) is 0 Å². The topological polar surface area (TPSA) is 185 Å². The zero-order valence-electron chi connectivity index (χ0n) is 22.1. The van der Waals surface area contributed by atoms with E-state index in [1.165, 1.54) is 28.0 Å². The van der Waals surface area contributed by atoms with Gasteiger partial charge >= 0.3 is 5.97 Å². The Morgan fingerprint density at radius 1 is 1.31 bits per heavy atom. The van der Waals surface area contributed by atoms with Crippen molar-refractivity contribution in [3.8, 4) is 0 Å². The molecule has 0 spiro atoms. The largest absolute Gasteiger partial charge is 0.477 e. The number of nitrogens with zero attached hydrogens (tertiary/aromatic N) is 4. The molecule has 214 valence electrons. The second kappa shape index (κ2) is 11.3. The van der Waals surface area contributed by atoms with Crippen LogP contribution in [0.5, 0.6) is 0 Å². The molecule has 5 aliphatic rings. The third kappa shape index (κ3) is 5.32. The van der Waals surface area contributed by atoms with Crippen LogP contribution in [0.2, 0.25) is 0 Å². The molecule has 3 fully saturated rings. The van der Waals surface area contributed by atoms with Crippen molar-refractivity contribution >= 4 is 41.8 Å². The number of piperidine rings is 1. The van der Waals surface area contributed by atoms with Crippen molar-refractivity contribution in [2.24, 2.45) is 28.6 Å². The van der Waals surface area contributed by atoms with Crippen LogP contribution in [0.25, 0.3) is 0 Å². The van der Waals surface area contributed by atoms with Crippen LogP contribution < -0.4 is 27.4 Å². The van der Waals surface area contributed by atoms with Crippen LogP contribution in [-0.4, -0.2) is 106 Å². The van der Waals surface area contributed by atoms with E-state index in [2.05, 4.69) is 26.8 Å². The molecular formula is C24H37N9O5S. The van der Waals surface area contributed by atoms with E-state index in [1.54, 1.807) is 6.92 Å². The molecule has 14 nitrogen and oxygen atoms in total. The number of carbonyl (C=O) groups excluding carboxylic acids is 3. The number of carboxylic acid groups (broad SMARTS) is 1. The molecule has 5 aliphatic heterocycles. The molecule has 0 bridgehead atoms. The molecule has 3 saturated heterocycles. The molecule has 15 heteroatoms. The molecular weight excluding hydrogens is 526 g/mol. The Morgan fingerprint density at radius 3 is 2.69 bits per heavy atom. The summed E-state index contributed by atoms with van der Waals surface area (Å²) in [5, 5.41) is 21.5. The average Bonchev–Trinajstić information content (AvgIpc) is 3.64. The highest BCUT2D eigenvalue weighted by Gasteiger charge is 2.60. The number of thioether (sulfide) groups is 1. The number of carboxylic acids is 1. The normalized spacial score (nSPS) is 31.3. The molecule has 0 aromatic carbocycles. The van der Waals surface area contributed by atoms with Crippen molar-refractivity contribution in [1.82, 2.24) is 36.5 Å². The predicted octanol–water partition coefficient (Wildman–Crippen LogP) is -1.81. The summed E-state index contributed by atoms with van der Waals surface area (Å²) in [4.78, 5) is 55.0. The van der Waals surface area contributed by atoms with E-state index < -0.39 is 17.9 Å². The number of hydrazone groups is 1. The minimum atomic E-state index is -1.14. The summed E-state index contributed by atoms with van der Waals surface area (Å²) in [6.45, 7) is 6.38. The van der Waals surface area contributed by atoms with Gasteiger partial charge in [0.15, 0.2) is 0 Å². The molecule has 3 amide bonds. The molecule has 0 aliphatic carbocycles. The van der Waals surface area contributed by atoms with E-state index in [0.29, 0.717) is 30.3 Å². The molecule has 39 heavy (non-hydrogen) atoms. The highest BCUT2D eigenvalue weighted by molar-refractivity contribution is 8.03. The van der Waals surface area contributed by atoms with Gasteiger partial charge in [-0.25, -0.2) is 10.3 Å². The maximum atomic E-state index is 13.2. The highest BCUT2D eigenvalue weighted by Crippen LogP contribution is 2.51. The zero-order valence-corrected chi connectivity index (χ0v) is 22.9. The quantitative estimate of drug-likeness (QED) is 0.174. The first-order chi connectivity index (χ1) is 18.7. The molecule has 5 rings (SSSR count). The molecule has 0 saturated carbocycles. The SMILES string of the molecule is C[C@@H](NC(=O)CN1C=NNN1)[C@H]1C(=O)N2C(C(=O)O)=C(S[C@@H]3CN[C@H](C(=O)N4CCC(CN)CC4)C3)[C@H](C)[C@H]12. The molecule has 0 aromatic rings. The Bertz CT molecular complexity index is 1080. The number of aliphatic carboxylic acids is 1. The summed E-state index contributed by atoms with van der Waals surface area (Å²) < 4.78 is 0. The monoisotopic (exact) mass is 563 g/mol. The first-order valence-electron chi connectivity index (χ1n) is 13.5. The number of amides is 3. The van der Waals surface area contributed by atoms with Crippen LogP contribution in [0.1, 0.15) is 33.1 Å². The van der Waals surface area contributed by atoms with Gasteiger partial charge in [-0.1, -0.05) is 6.92 Å². The van der Waals surface area contributed by atoms with Crippen molar-refractivity contribution in [2.45, 2.75) is 56.5 Å². The fourth-order valence-corrected chi connectivity index (χ4v) is 7.79. The molecule has 6 atom stereocenters. The van der Waals surface area contributed by atoms with Gasteiger partial charge in [0.1, 0.15) is 18.6 Å². The van der Waals surface area contributed by atoms with Crippen molar-refractivity contribution in [3.63, 3.8) is 0 Å². The Balaban J connectivity index is 1.20. The fraction of sp³-hybridized carbons (Fsp3) is 0.708. The van der Waals surface area contributed by atoms with Gasteiger partial charge in [0.2, 0.25) is 17.7 Å². The minimum absolute atomic E-state index is 0.00497. The highest BCUT2D eigenvalue weighted by atomic mass is 32.2. The first kappa shape index (κ1) is 27.7. The Kier molecular flexibility index (Phi) is 8.03. The Labute approximate surface area is 231 Å². The van der Waals surface area contributed by atoms with Crippen LogP contribution in [0.15, 0.2) is 15.7 Å². The zero-order chi connectivity index (χ0) is 27.8. The summed E-state index contributed by atoms with van der Waals surface area (Å²) in [5.74, 6) is -1.89. The van der Waals surface area contributed by atoms with Crippen molar-refractivity contribution in [3.05, 3.63) is 10.6 Å². The number of fused-ring (bicyclic) bond motifs is 1. The third-order valence-corrected chi connectivity index (χ3v) is 9.94. The smallest absolute Gasteiger partial charge is 0.353 e. The van der Waals surface area contributed by atoms with Gasteiger partial charge in [-0.15, -0.1) is 17.3 Å². The van der Waals surface area contributed by atoms with Gasteiger partial charge in [0, 0.05) is 41.7 Å². The van der Waals surface area contributed by atoms with Gasteiger partial charge in [-0.2, -0.15) is 5.10 Å². The van der Waals surface area contributed by atoms with E-state index in [4.69, 9.17) is 5.73 Å². The molecule has 0 aromatic heterocycles. The number of hydrazine groups is 2. The number of nitrogens with two attached hydrogens (primary N) is 1. The average molecular weight is 564 g/mol. The third-order valence-electron chi connectivity index (χ3n) is 8.43. The van der Waals surface area contributed by atoms with E-state index in [-0.39, 0.29) is 53.2 Å². The second-order valence-corrected chi connectivity index (χ2v) is 12.3. The number of hydrogen-bond acceptors (Lipinski definition) is 11. The maximum Gasteiger partial charge on any atom is 0.353 e. The number of carbonyl (C=O) groups is 4. The van der Waals surface area contributed by atoms with Crippen LogP contribution in [0.3, 0.4) is 0 Å². The van der Waals surface area contributed by atoms with E-state index in [0.717, 1.165) is 25.9 Å². The number of nitrogens with one attached hydrogen (secondary N) is 4. The summed E-state index contributed by atoms with van der Waals surface area (Å²) in [5.41, 5.74) is 11.0.